The quantitative estimate of drug-likeness (QED) is 0.327. The van der Waals surface area contributed by atoms with Crippen molar-refractivity contribution in [1.29, 1.82) is 5.26 Å². The Kier molecular flexibility index (Phi) is 10.2. The van der Waals surface area contributed by atoms with Gasteiger partial charge in [0.25, 0.3) is 5.91 Å². The van der Waals surface area contributed by atoms with Gasteiger partial charge in [0.15, 0.2) is 0 Å². The van der Waals surface area contributed by atoms with E-state index in [-0.39, 0.29) is 23.8 Å². The van der Waals surface area contributed by atoms with Gasteiger partial charge in [0, 0.05) is 43.6 Å². The number of rotatable bonds is 13. The maximum atomic E-state index is 12.6. The molecule has 2 aromatic rings. The van der Waals surface area contributed by atoms with Crippen molar-refractivity contribution >= 4 is 40.5 Å². The third kappa shape index (κ3) is 7.73. The van der Waals surface area contributed by atoms with Gasteiger partial charge >= 0.3 is 0 Å². The molecular weight excluding hydrogens is 502 g/mol. The average Bonchev–Trinajstić information content (AvgIpc) is 3.72. The summed E-state index contributed by atoms with van der Waals surface area (Å²) < 4.78 is 0. The van der Waals surface area contributed by atoms with Crippen molar-refractivity contribution in [2.24, 2.45) is 5.92 Å². The van der Waals surface area contributed by atoms with E-state index in [2.05, 4.69) is 47.9 Å². The third-order valence-electron chi connectivity index (χ3n) is 6.64. The van der Waals surface area contributed by atoms with Gasteiger partial charge in [-0.2, -0.15) is 5.26 Å². The van der Waals surface area contributed by atoms with Crippen LogP contribution in [0.4, 0.5) is 17.1 Å². The first-order chi connectivity index (χ1) is 18.2. The minimum atomic E-state index is -1.35. The molecule has 202 valence electrons. The summed E-state index contributed by atoms with van der Waals surface area (Å²) in [6.07, 6.45) is 1.86. The summed E-state index contributed by atoms with van der Waals surface area (Å²) in [7, 11) is 2.07. The normalized spacial score (nSPS) is 13.3. The summed E-state index contributed by atoms with van der Waals surface area (Å²) in [5.74, 6) is 0.755. The van der Waals surface area contributed by atoms with Crippen molar-refractivity contribution in [1.82, 2.24) is 4.90 Å². The van der Waals surface area contributed by atoms with Crippen LogP contribution in [-0.4, -0.2) is 48.1 Å². The molecule has 0 spiro atoms. The fourth-order valence-electron chi connectivity index (χ4n) is 4.23. The number of amides is 2. The van der Waals surface area contributed by atoms with E-state index in [4.69, 9.17) is 16.9 Å². The molecule has 0 unspecified atom stereocenters. The highest BCUT2D eigenvalue weighted by molar-refractivity contribution is 6.32. The number of hydrogen-bond donors (Lipinski definition) is 3. The first-order valence-corrected chi connectivity index (χ1v) is 13.3. The zero-order chi connectivity index (χ0) is 27.8. The summed E-state index contributed by atoms with van der Waals surface area (Å²) in [4.78, 5) is 29.3. The van der Waals surface area contributed by atoms with E-state index in [0.29, 0.717) is 16.9 Å². The van der Waals surface area contributed by atoms with Gasteiger partial charge < -0.3 is 25.5 Å². The highest BCUT2D eigenvalue weighted by Gasteiger charge is 2.25. The van der Waals surface area contributed by atoms with Gasteiger partial charge in [-0.25, -0.2) is 0 Å². The Hall–Kier alpha value is -3.54. The Morgan fingerprint density at radius 3 is 2.47 bits per heavy atom. The summed E-state index contributed by atoms with van der Waals surface area (Å²) >= 11 is 5.99. The molecule has 1 atom stereocenters. The molecular formula is C29H36ClN5O3. The van der Waals surface area contributed by atoms with Crippen LogP contribution in [0.3, 0.4) is 0 Å². The molecule has 2 aromatic carbocycles. The zero-order valence-electron chi connectivity index (χ0n) is 22.3. The number of nitrogens with zero attached hydrogens (tertiary/aromatic N) is 3. The van der Waals surface area contributed by atoms with E-state index < -0.39 is 12.0 Å². The van der Waals surface area contributed by atoms with Crippen LogP contribution in [-0.2, 0) is 16.0 Å². The number of benzene rings is 2. The number of carbonyl (C=O) groups excluding carboxylic acids is 2. The number of anilines is 3. The minimum absolute atomic E-state index is 0.0445. The number of aliphatic hydroxyl groups is 1. The maximum Gasteiger partial charge on any atom is 0.253 e. The van der Waals surface area contributed by atoms with Gasteiger partial charge in [0.2, 0.25) is 5.91 Å². The van der Waals surface area contributed by atoms with Crippen molar-refractivity contribution in [3.05, 3.63) is 64.9 Å². The molecule has 1 saturated carbocycles. The SMILES string of the molecule is C=C(N(C)CC1CC1)N(CC)c1ccc(NC(=O)[C@H](O)CCC(=O)Nc2ccc(C#N)c(Cl)c2)cc1CC. The van der Waals surface area contributed by atoms with E-state index in [0.717, 1.165) is 42.5 Å². The summed E-state index contributed by atoms with van der Waals surface area (Å²) in [6, 6.07) is 12.2. The summed E-state index contributed by atoms with van der Waals surface area (Å²) in [5, 5.41) is 24.9. The van der Waals surface area contributed by atoms with Crippen molar-refractivity contribution in [2.45, 2.75) is 52.1 Å². The molecule has 8 nitrogen and oxygen atoms in total. The fraction of sp³-hybridized carbons (Fsp3) is 0.414. The van der Waals surface area contributed by atoms with Crippen LogP contribution in [0.15, 0.2) is 48.8 Å². The molecule has 0 radical (unpaired) electrons. The van der Waals surface area contributed by atoms with E-state index in [9.17, 15) is 14.7 Å². The zero-order valence-corrected chi connectivity index (χ0v) is 23.0. The van der Waals surface area contributed by atoms with Gasteiger partial charge in [0.05, 0.1) is 10.6 Å². The smallest absolute Gasteiger partial charge is 0.253 e. The Labute approximate surface area is 229 Å². The number of carbonyl (C=O) groups is 2. The Balaban J connectivity index is 1.56. The van der Waals surface area contributed by atoms with Crippen LogP contribution in [0.2, 0.25) is 5.02 Å². The maximum absolute atomic E-state index is 12.6. The largest absolute Gasteiger partial charge is 0.383 e. The topological polar surface area (TPSA) is 109 Å². The van der Waals surface area contributed by atoms with Crippen molar-refractivity contribution in [3.63, 3.8) is 0 Å². The summed E-state index contributed by atoms with van der Waals surface area (Å²) in [5.41, 5.74) is 3.43. The predicted octanol–water partition coefficient (Wildman–Crippen LogP) is 5.13. The van der Waals surface area contributed by atoms with Gasteiger partial charge in [-0.05, 0) is 80.5 Å². The molecule has 1 fully saturated rings. The second-order valence-electron chi connectivity index (χ2n) is 9.58. The molecule has 0 saturated heterocycles. The van der Waals surface area contributed by atoms with Crippen molar-refractivity contribution in [2.75, 3.05) is 35.7 Å². The average molecular weight is 538 g/mol. The van der Waals surface area contributed by atoms with Crippen LogP contribution < -0.4 is 15.5 Å². The van der Waals surface area contributed by atoms with E-state index in [1.54, 1.807) is 6.07 Å². The van der Waals surface area contributed by atoms with Gasteiger partial charge in [-0.15, -0.1) is 0 Å². The predicted molar refractivity (Wildman–Crippen MR) is 152 cm³/mol. The molecule has 9 heteroatoms. The lowest BCUT2D eigenvalue weighted by molar-refractivity contribution is -0.125. The van der Waals surface area contributed by atoms with Gasteiger partial charge in [-0.1, -0.05) is 25.1 Å². The number of halogens is 1. The molecule has 0 bridgehead atoms. The molecule has 3 N–H and O–H groups in total. The lowest BCUT2D eigenvalue weighted by Crippen LogP contribution is -2.34. The Morgan fingerprint density at radius 2 is 1.87 bits per heavy atom. The van der Waals surface area contributed by atoms with E-state index in [1.807, 2.05) is 24.3 Å². The van der Waals surface area contributed by atoms with Crippen molar-refractivity contribution in [3.8, 4) is 6.07 Å². The third-order valence-corrected chi connectivity index (χ3v) is 6.95. The van der Waals surface area contributed by atoms with Gasteiger partial charge in [-0.3, -0.25) is 9.59 Å². The second-order valence-corrected chi connectivity index (χ2v) is 9.99. The number of aryl methyl sites for hydroxylation is 1. The fourth-order valence-corrected chi connectivity index (χ4v) is 4.46. The molecule has 0 aromatic heterocycles. The van der Waals surface area contributed by atoms with Gasteiger partial charge in [0.1, 0.15) is 18.0 Å². The van der Waals surface area contributed by atoms with E-state index in [1.165, 1.54) is 25.0 Å². The number of nitrogens with one attached hydrogen (secondary N) is 2. The van der Waals surface area contributed by atoms with Crippen LogP contribution >= 0.6 is 11.6 Å². The number of hydrogen-bond acceptors (Lipinski definition) is 6. The molecule has 38 heavy (non-hydrogen) atoms. The highest BCUT2D eigenvalue weighted by Crippen LogP contribution is 2.32. The van der Waals surface area contributed by atoms with Crippen LogP contribution in [0.5, 0.6) is 0 Å². The van der Waals surface area contributed by atoms with Crippen LogP contribution in [0, 0.1) is 17.2 Å². The Bertz CT molecular complexity index is 1220. The standard InChI is InChI=1S/C29H36ClN5O3/c1-5-21-15-23(11-12-26(21)35(6-2)19(3)34(4)18-20-7-8-20)33-29(38)27(36)13-14-28(37)32-24-10-9-22(17-31)25(30)16-24/h9-12,15-16,20,27,36H,3,5-8,13-14,18H2,1-2,4H3,(H,32,37)(H,33,38)/t27-/m1/s1. The van der Waals surface area contributed by atoms with E-state index >= 15 is 0 Å². The molecule has 3 rings (SSSR count). The molecule has 0 heterocycles. The first-order valence-electron chi connectivity index (χ1n) is 13.0. The molecule has 2 amide bonds. The molecule has 1 aliphatic carbocycles. The monoisotopic (exact) mass is 537 g/mol. The molecule has 1 aliphatic rings. The summed E-state index contributed by atoms with van der Waals surface area (Å²) in [6.45, 7) is 10.2. The highest BCUT2D eigenvalue weighted by atomic mass is 35.5. The second kappa shape index (κ2) is 13.3. The van der Waals surface area contributed by atoms with Crippen LogP contribution in [0.1, 0.15) is 50.7 Å². The Morgan fingerprint density at radius 1 is 1.18 bits per heavy atom. The number of aliphatic hydroxyl groups excluding tert-OH is 1. The van der Waals surface area contributed by atoms with Crippen LogP contribution in [0.25, 0.3) is 0 Å². The number of nitriles is 1. The molecule has 0 aliphatic heterocycles. The van der Waals surface area contributed by atoms with Crippen molar-refractivity contribution < 1.29 is 14.7 Å². The first kappa shape index (κ1) is 29.0. The lowest BCUT2D eigenvalue weighted by atomic mass is 10.1. The minimum Gasteiger partial charge on any atom is -0.383 e. The lowest BCUT2D eigenvalue weighted by Gasteiger charge is -2.34.